The lowest BCUT2D eigenvalue weighted by Crippen LogP contribution is -1.99. The molecular weight excluding hydrogens is 200 g/mol. The Kier molecular flexibility index (Phi) is 5.76. The van der Waals surface area contributed by atoms with Gasteiger partial charge in [0.15, 0.2) is 0 Å². The Balaban J connectivity index is 2.74. The summed E-state index contributed by atoms with van der Waals surface area (Å²) in [7, 11) is 0. The second-order valence-electron chi connectivity index (χ2n) is 3.86. The fourth-order valence-electron chi connectivity index (χ4n) is 1.44. The molecule has 90 valence electrons. The van der Waals surface area contributed by atoms with E-state index in [2.05, 4.69) is 32.9 Å². The molecule has 0 unspecified atom stereocenters. The zero-order valence-electron chi connectivity index (χ0n) is 10.6. The van der Waals surface area contributed by atoms with Crippen LogP contribution >= 0.6 is 0 Å². The predicted molar refractivity (Wildman–Crippen MR) is 67.4 cm³/mol. The first-order valence-corrected chi connectivity index (χ1v) is 6.19. The third-order valence-corrected chi connectivity index (χ3v) is 2.29. The lowest BCUT2D eigenvalue weighted by Gasteiger charge is -2.10. The Morgan fingerprint density at radius 3 is 1.69 bits per heavy atom. The molecule has 2 heteroatoms. The molecule has 0 saturated carbocycles. The average molecular weight is 222 g/mol. The van der Waals surface area contributed by atoms with E-state index in [1.165, 1.54) is 5.56 Å². The summed E-state index contributed by atoms with van der Waals surface area (Å²) in [5.41, 5.74) is 1.26. The van der Waals surface area contributed by atoms with Crippen molar-refractivity contribution in [3.05, 3.63) is 23.8 Å². The summed E-state index contributed by atoms with van der Waals surface area (Å²) in [4.78, 5) is 0. The van der Waals surface area contributed by atoms with E-state index >= 15 is 0 Å². The second kappa shape index (κ2) is 7.15. The molecule has 0 radical (unpaired) electrons. The van der Waals surface area contributed by atoms with Crippen LogP contribution in [0.4, 0.5) is 0 Å². The molecule has 0 aliphatic carbocycles. The van der Waals surface area contributed by atoms with Crippen molar-refractivity contribution in [1.82, 2.24) is 0 Å². The molecule has 0 bridgehead atoms. The molecule has 2 nitrogen and oxygen atoms in total. The molecular formula is C14H22O2. The molecule has 1 aromatic rings. The number of hydrogen-bond donors (Lipinski definition) is 0. The van der Waals surface area contributed by atoms with Gasteiger partial charge in [0.25, 0.3) is 0 Å². The highest BCUT2D eigenvalue weighted by molar-refractivity contribution is 5.38. The zero-order valence-corrected chi connectivity index (χ0v) is 10.6. The summed E-state index contributed by atoms with van der Waals surface area (Å²) < 4.78 is 11.3. The van der Waals surface area contributed by atoms with Gasteiger partial charge < -0.3 is 9.47 Å². The van der Waals surface area contributed by atoms with Crippen molar-refractivity contribution in [2.45, 2.75) is 40.0 Å². The molecule has 0 aromatic heterocycles. The van der Waals surface area contributed by atoms with Crippen LogP contribution in [0.2, 0.25) is 0 Å². The molecule has 1 aromatic carbocycles. The topological polar surface area (TPSA) is 18.5 Å². The van der Waals surface area contributed by atoms with Crippen LogP contribution < -0.4 is 9.47 Å². The van der Waals surface area contributed by atoms with E-state index in [1.54, 1.807) is 0 Å². The first-order valence-electron chi connectivity index (χ1n) is 6.19. The molecule has 0 spiro atoms. The van der Waals surface area contributed by atoms with Gasteiger partial charge in [-0.1, -0.05) is 20.8 Å². The first kappa shape index (κ1) is 12.9. The molecule has 0 amide bonds. The van der Waals surface area contributed by atoms with Crippen LogP contribution in [0.1, 0.15) is 39.2 Å². The van der Waals surface area contributed by atoms with Gasteiger partial charge in [-0.15, -0.1) is 0 Å². The van der Waals surface area contributed by atoms with E-state index in [1.807, 2.05) is 6.07 Å². The van der Waals surface area contributed by atoms with E-state index in [0.29, 0.717) is 0 Å². The van der Waals surface area contributed by atoms with Crippen LogP contribution in [-0.4, -0.2) is 13.2 Å². The normalized spacial score (nSPS) is 10.2. The van der Waals surface area contributed by atoms with Crippen LogP contribution in [-0.2, 0) is 6.42 Å². The monoisotopic (exact) mass is 222 g/mol. The second-order valence-corrected chi connectivity index (χ2v) is 3.86. The lowest BCUT2D eigenvalue weighted by molar-refractivity contribution is 0.301. The Hall–Kier alpha value is -1.18. The maximum Gasteiger partial charge on any atom is 0.123 e. The highest BCUT2D eigenvalue weighted by atomic mass is 16.5. The van der Waals surface area contributed by atoms with Gasteiger partial charge in [0.1, 0.15) is 11.5 Å². The van der Waals surface area contributed by atoms with Gasteiger partial charge in [-0.3, -0.25) is 0 Å². The average Bonchev–Trinajstić information content (AvgIpc) is 2.33. The van der Waals surface area contributed by atoms with E-state index < -0.39 is 0 Å². The third kappa shape index (κ3) is 4.13. The van der Waals surface area contributed by atoms with Crippen molar-refractivity contribution in [2.24, 2.45) is 0 Å². The standard InChI is InChI=1S/C14H22O2/c1-4-7-15-13-9-12(6-3)10-14(11-13)16-8-5-2/h9-11H,4-8H2,1-3H3. The quantitative estimate of drug-likeness (QED) is 0.698. The van der Waals surface area contributed by atoms with Gasteiger partial charge in [-0.05, 0) is 37.0 Å². The predicted octanol–water partition coefficient (Wildman–Crippen LogP) is 3.83. The Morgan fingerprint density at radius 2 is 1.31 bits per heavy atom. The minimum Gasteiger partial charge on any atom is -0.493 e. The minimum atomic E-state index is 0.764. The van der Waals surface area contributed by atoms with Crippen LogP contribution in [0.15, 0.2) is 18.2 Å². The molecule has 0 N–H and O–H groups in total. The van der Waals surface area contributed by atoms with Gasteiger partial charge in [-0.2, -0.15) is 0 Å². The Morgan fingerprint density at radius 1 is 0.812 bits per heavy atom. The van der Waals surface area contributed by atoms with Crippen LogP contribution in [0.3, 0.4) is 0 Å². The van der Waals surface area contributed by atoms with Gasteiger partial charge in [0.05, 0.1) is 13.2 Å². The van der Waals surface area contributed by atoms with Crippen LogP contribution in [0.25, 0.3) is 0 Å². The van der Waals surface area contributed by atoms with Crippen molar-refractivity contribution >= 4 is 0 Å². The van der Waals surface area contributed by atoms with Crippen molar-refractivity contribution < 1.29 is 9.47 Å². The van der Waals surface area contributed by atoms with Crippen molar-refractivity contribution in [3.8, 4) is 11.5 Å². The summed E-state index contributed by atoms with van der Waals surface area (Å²) in [5.74, 6) is 1.85. The largest absolute Gasteiger partial charge is 0.493 e. The summed E-state index contributed by atoms with van der Waals surface area (Å²) in [6.45, 7) is 7.89. The number of benzene rings is 1. The molecule has 0 fully saturated rings. The first-order chi connectivity index (χ1) is 7.80. The number of ether oxygens (including phenoxy) is 2. The minimum absolute atomic E-state index is 0.764. The van der Waals surface area contributed by atoms with Gasteiger partial charge in [-0.25, -0.2) is 0 Å². The smallest absolute Gasteiger partial charge is 0.123 e. The number of rotatable bonds is 7. The summed E-state index contributed by atoms with van der Waals surface area (Å²) in [5, 5.41) is 0. The Labute approximate surface area is 98.6 Å². The summed E-state index contributed by atoms with van der Waals surface area (Å²) in [6.07, 6.45) is 3.06. The van der Waals surface area contributed by atoms with Gasteiger partial charge in [0, 0.05) is 6.07 Å². The van der Waals surface area contributed by atoms with Crippen LogP contribution in [0, 0.1) is 0 Å². The van der Waals surface area contributed by atoms with Crippen molar-refractivity contribution in [3.63, 3.8) is 0 Å². The summed E-state index contributed by atoms with van der Waals surface area (Å²) in [6, 6.07) is 6.16. The van der Waals surface area contributed by atoms with Gasteiger partial charge in [0.2, 0.25) is 0 Å². The van der Waals surface area contributed by atoms with Crippen molar-refractivity contribution in [1.29, 1.82) is 0 Å². The molecule has 0 atom stereocenters. The van der Waals surface area contributed by atoms with Crippen molar-refractivity contribution in [2.75, 3.05) is 13.2 Å². The molecule has 0 aliphatic heterocycles. The molecule has 16 heavy (non-hydrogen) atoms. The molecule has 1 rings (SSSR count). The van der Waals surface area contributed by atoms with E-state index in [9.17, 15) is 0 Å². The maximum absolute atomic E-state index is 5.64. The number of hydrogen-bond acceptors (Lipinski definition) is 2. The highest BCUT2D eigenvalue weighted by Gasteiger charge is 2.01. The fraction of sp³-hybridized carbons (Fsp3) is 0.571. The lowest BCUT2D eigenvalue weighted by atomic mass is 10.1. The van der Waals surface area contributed by atoms with E-state index in [4.69, 9.17) is 9.47 Å². The fourth-order valence-corrected chi connectivity index (χ4v) is 1.44. The van der Waals surface area contributed by atoms with E-state index in [0.717, 1.165) is 44.0 Å². The maximum atomic E-state index is 5.64. The van der Waals surface area contributed by atoms with Gasteiger partial charge >= 0.3 is 0 Å². The molecule has 0 heterocycles. The SMILES string of the molecule is CCCOc1cc(CC)cc(OCCC)c1. The number of aryl methyl sites for hydroxylation is 1. The molecule has 0 saturated heterocycles. The summed E-state index contributed by atoms with van der Waals surface area (Å²) >= 11 is 0. The zero-order chi connectivity index (χ0) is 11.8. The molecule has 0 aliphatic rings. The van der Waals surface area contributed by atoms with Crippen LogP contribution in [0.5, 0.6) is 11.5 Å². The van der Waals surface area contributed by atoms with E-state index in [-0.39, 0.29) is 0 Å². The highest BCUT2D eigenvalue weighted by Crippen LogP contribution is 2.23. The Bertz CT molecular complexity index is 281. The third-order valence-electron chi connectivity index (χ3n) is 2.29.